The Morgan fingerprint density at radius 2 is 1.58 bits per heavy atom. The Bertz CT molecular complexity index is 1040. The molecule has 4 rings (SSSR count). The van der Waals surface area contributed by atoms with Crippen molar-refractivity contribution < 1.29 is 19.1 Å². The SMILES string of the molecule is COc1ccccc1NC(=O)c1ccc(NC(=O)CN2CCC(NC(=O)C3CCCCC3)CC2)cc1. The van der Waals surface area contributed by atoms with E-state index < -0.39 is 0 Å². The van der Waals surface area contributed by atoms with Gasteiger partial charge < -0.3 is 20.7 Å². The second-order valence-electron chi connectivity index (χ2n) is 9.67. The number of piperidine rings is 1. The number of methoxy groups -OCH3 is 1. The molecule has 8 heteroatoms. The van der Waals surface area contributed by atoms with Gasteiger partial charge in [-0.2, -0.15) is 0 Å². The normalized spacial score (nSPS) is 17.2. The third-order valence-electron chi connectivity index (χ3n) is 7.06. The van der Waals surface area contributed by atoms with E-state index in [9.17, 15) is 14.4 Å². The largest absolute Gasteiger partial charge is 0.495 e. The molecule has 0 unspecified atom stereocenters. The number of nitrogens with zero attached hydrogens (tertiary/aromatic N) is 1. The highest BCUT2D eigenvalue weighted by Crippen LogP contribution is 2.25. The average molecular weight is 493 g/mol. The predicted molar refractivity (Wildman–Crippen MR) is 140 cm³/mol. The zero-order chi connectivity index (χ0) is 25.3. The summed E-state index contributed by atoms with van der Waals surface area (Å²) in [6, 6.07) is 14.2. The highest BCUT2D eigenvalue weighted by molar-refractivity contribution is 6.05. The molecule has 2 aliphatic rings. The Labute approximate surface area is 212 Å². The summed E-state index contributed by atoms with van der Waals surface area (Å²) in [7, 11) is 1.56. The number of hydrogen-bond donors (Lipinski definition) is 3. The first-order valence-corrected chi connectivity index (χ1v) is 12.9. The van der Waals surface area contributed by atoms with Gasteiger partial charge in [0.2, 0.25) is 11.8 Å². The molecule has 0 spiro atoms. The summed E-state index contributed by atoms with van der Waals surface area (Å²) in [5, 5.41) is 8.98. The Morgan fingerprint density at radius 3 is 2.28 bits per heavy atom. The number of likely N-dealkylation sites (tertiary alicyclic amines) is 1. The minimum Gasteiger partial charge on any atom is -0.495 e. The van der Waals surface area contributed by atoms with E-state index in [-0.39, 0.29) is 29.7 Å². The van der Waals surface area contributed by atoms with Gasteiger partial charge in [-0.25, -0.2) is 0 Å². The monoisotopic (exact) mass is 492 g/mol. The summed E-state index contributed by atoms with van der Waals surface area (Å²) in [4.78, 5) is 39.8. The second-order valence-corrected chi connectivity index (χ2v) is 9.67. The number of nitrogens with one attached hydrogen (secondary N) is 3. The number of carbonyl (C=O) groups is 3. The maximum atomic E-state index is 12.6. The van der Waals surface area contributed by atoms with Crippen LogP contribution in [0, 0.1) is 5.92 Å². The third-order valence-corrected chi connectivity index (χ3v) is 7.06. The summed E-state index contributed by atoms with van der Waals surface area (Å²) >= 11 is 0. The van der Waals surface area contributed by atoms with Crippen LogP contribution in [0.25, 0.3) is 0 Å². The van der Waals surface area contributed by atoms with Crippen molar-refractivity contribution >= 4 is 29.1 Å². The molecule has 2 aromatic carbocycles. The maximum Gasteiger partial charge on any atom is 0.255 e. The average Bonchev–Trinajstić information content (AvgIpc) is 2.91. The van der Waals surface area contributed by atoms with Crippen molar-refractivity contribution in [2.75, 3.05) is 37.4 Å². The van der Waals surface area contributed by atoms with E-state index in [4.69, 9.17) is 4.74 Å². The number of para-hydroxylation sites is 2. The fourth-order valence-corrected chi connectivity index (χ4v) is 4.97. The van der Waals surface area contributed by atoms with E-state index in [2.05, 4.69) is 20.9 Å². The second kappa shape index (κ2) is 12.5. The van der Waals surface area contributed by atoms with Gasteiger partial charge in [-0.3, -0.25) is 19.3 Å². The molecular formula is C28H36N4O4. The van der Waals surface area contributed by atoms with E-state index in [1.807, 2.05) is 12.1 Å². The van der Waals surface area contributed by atoms with Gasteiger partial charge in [0.1, 0.15) is 5.75 Å². The Morgan fingerprint density at radius 1 is 0.889 bits per heavy atom. The zero-order valence-corrected chi connectivity index (χ0v) is 20.9. The number of anilines is 2. The number of rotatable bonds is 8. The van der Waals surface area contributed by atoms with Gasteiger partial charge in [-0.1, -0.05) is 31.4 Å². The summed E-state index contributed by atoms with van der Waals surface area (Å²) < 4.78 is 5.27. The standard InChI is InChI=1S/C28H36N4O4/c1-36-25-10-6-5-9-24(25)31-28(35)21-11-13-22(14-12-21)29-26(33)19-32-17-15-23(16-18-32)30-27(34)20-7-3-2-4-8-20/h5-6,9-14,20,23H,2-4,7-8,15-19H2,1H3,(H,29,33)(H,30,34)(H,31,35). The van der Waals surface area contributed by atoms with Crippen molar-refractivity contribution in [1.82, 2.24) is 10.2 Å². The number of benzene rings is 2. The minimum absolute atomic E-state index is 0.0917. The van der Waals surface area contributed by atoms with Crippen LogP contribution in [-0.4, -0.2) is 55.4 Å². The van der Waals surface area contributed by atoms with Gasteiger partial charge in [-0.15, -0.1) is 0 Å². The van der Waals surface area contributed by atoms with E-state index in [1.54, 1.807) is 43.5 Å². The molecule has 1 aliphatic heterocycles. The highest BCUT2D eigenvalue weighted by atomic mass is 16.5. The fourth-order valence-electron chi connectivity index (χ4n) is 4.97. The lowest BCUT2D eigenvalue weighted by Crippen LogP contribution is -2.48. The van der Waals surface area contributed by atoms with Crippen molar-refractivity contribution in [3.63, 3.8) is 0 Å². The molecule has 1 heterocycles. The summed E-state index contributed by atoms with van der Waals surface area (Å²) in [6.07, 6.45) is 7.31. The van der Waals surface area contributed by atoms with Crippen molar-refractivity contribution in [1.29, 1.82) is 0 Å². The van der Waals surface area contributed by atoms with Crippen molar-refractivity contribution in [3.05, 3.63) is 54.1 Å². The molecular weight excluding hydrogens is 456 g/mol. The number of ether oxygens (including phenoxy) is 1. The molecule has 1 saturated carbocycles. The molecule has 2 fully saturated rings. The van der Waals surface area contributed by atoms with Crippen LogP contribution in [0.5, 0.6) is 5.75 Å². The molecule has 3 amide bonds. The molecule has 1 saturated heterocycles. The summed E-state index contributed by atoms with van der Waals surface area (Å²) in [5.41, 5.74) is 1.72. The van der Waals surface area contributed by atoms with Gasteiger partial charge in [0.25, 0.3) is 5.91 Å². The van der Waals surface area contributed by atoms with Crippen molar-refractivity contribution in [2.24, 2.45) is 5.92 Å². The van der Waals surface area contributed by atoms with E-state index >= 15 is 0 Å². The number of hydrogen-bond acceptors (Lipinski definition) is 5. The Kier molecular flexibility index (Phi) is 8.95. The van der Waals surface area contributed by atoms with Gasteiger partial charge in [-0.05, 0) is 62.1 Å². The molecule has 0 bridgehead atoms. The molecule has 0 atom stereocenters. The lowest BCUT2D eigenvalue weighted by Gasteiger charge is -2.33. The van der Waals surface area contributed by atoms with E-state index in [0.717, 1.165) is 51.6 Å². The number of amides is 3. The van der Waals surface area contributed by atoms with Crippen LogP contribution in [0.1, 0.15) is 55.3 Å². The minimum atomic E-state index is -0.254. The fraction of sp³-hybridized carbons (Fsp3) is 0.464. The Hall–Kier alpha value is -3.39. The topological polar surface area (TPSA) is 99.8 Å². The van der Waals surface area contributed by atoms with Crippen LogP contribution < -0.4 is 20.7 Å². The first-order chi connectivity index (χ1) is 17.5. The maximum absolute atomic E-state index is 12.6. The predicted octanol–water partition coefficient (Wildman–Crippen LogP) is 4.05. The lowest BCUT2D eigenvalue weighted by atomic mass is 9.88. The van der Waals surface area contributed by atoms with E-state index in [1.165, 1.54) is 6.42 Å². The molecule has 0 aromatic heterocycles. The van der Waals surface area contributed by atoms with Crippen LogP contribution in [0.2, 0.25) is 0 Å². The van der Waals surface area contributed by atoms with Crippen LogP contribution in [0.3, 0.4) is 0 Å². The highest BCUT2D eigenvalue weighted by Gasteiger charge is 2.26. The zero-order valence-electron chi connectivity index (χ0n) is 20.9. The Balaban J connectivity index is 1.19. The van der Waals surface area contributed by atoms with Crippen LogP contribution in [0.4, 0.5) is 11.4 Å². The number of carbonyl (C=O) groups excluding carboxylic acids is 3. The molecule has 1 aliphatic carbocycles. The smallest absolute Gasteiger partial charge is 0.255 e. The molecule has 2 aromatic rings. The molecule has 192 valence electrons. The first-order valence-electron chi connectivity index (χ1n) is 12.9. The quantitative estimate of drug-likeness (QED) is 0.516. The van der Waals surface area contributed by atoms with Crippen molar-refractivity contribution in [3.8, 4) is 5.75 Å². The third kappa shape index (κ3) is 7.07. The van der Waals surface area contributed by atoms with E-state index in [0.29, 0.717) is 29.2 Å². The molecule has 36 heavy (non-hydrogen) atoms. The van der Waals surface area contributed by atoms with Crippen molar-refractivity contribution in [2.45, 2.75) is 51.0 Å². The van der Waals surface area contributed by atoms with Gasteiger partial charge in [0.15, 0.2) is 0 Å². The summed E-state index contributed by atoms with van der Waals surface area (Å²) in [6.45, 7) is 1.87. The molecule has 3 N–H and O–H groups in total. The van der Waals surface area contributed by atoms with Gasteiger partial charge >= 0.3 is 0 Å². The van der Waals surface area contributed by atoms with Gasteiger partial charge in [0.05, 0.1) is 19.3 Å². The van der Waals surface area contributed by atoms with Gasteiger partial charge in [0, 0.05) is 36.3 Å². The van der Waals surface area contributed by atoms with Crippen LogP contribution in [0.15, 0.2) is 48.5 Å². The first kappa shape index (κ1) is 25.7. The summed E-state index contributed by atoms with van der Waals surface area (Å²) in [5.74, 6) is 0.638. The molecule has 0 radical (unpaired) electrons. The van der Waals surface area contributed by atoms with Crippen LogP contribution in [-0.2, 0) is 9.59 Å². The van der Waals surface area contributed by atoms with Crippen LogP contribution >= 0.6 is 0 Å². The lowest BCUT2D eigenvalue weighted by molar-refractivity contribution is -0.127. The molecule has 8 nitrogen and oxygen atoms in total.